The van der Waals surface area contributed by atoms with Gasteiger partial charge in [0.2, 0.25) is 0 Å². The van der Waals surface area contributed by atoms with Gasteiger partial charge in [-0.25, -0.2) is 4.79 Å². The molecule has 1 saturated heterocycles. The molecule has 1 aromatic heterocycles. The summed E-state index contributed by atoms with van der Waals surface area (Å²) in [6.07, 6.45) is 7.60. The highest BCUT2D eigenvalue weighted by Gasteiger charge is 2.40. The fourth-order valence-corrected chi connectivity index (χ4v) is 3.97. The number of urea groups is 1. The van der Waals surface area contributed by atoms with Gasteiger partial charge in [-0.2, -0.15) is 0 Å². The molecule has 2 fully saturated rings. The zero-order chi connectivity index (χ0) is 21.3. The van der Waals surface area contributed by atoms with E-state index in [-0.39, 0.29) is 17.3 Å². The number of hydrogen-bond donors (Lipinski definition) is 1. The van der Waals surface area contributed by atoms with E-state index in [1.807, 2.05) is 0 Å². The number of amides is 4. The smallest absolute Gasteiger partial charge is 0.317 e. The average molecular weight is 408 g/mol. The average Bonchev–Trinajstić information content (AvgIpc) is 3.20. The van der Waals surface area contributed by atoms with Crippen LogP contribution in [0.4, 0.5) is 10.5 Å². The summed E-state index contributed by atoms with van der Waals surface area (Å²) in [5, 5.41) is 13.1. The zero-order valence-corrected chi connectivity index (χ0v) is 16.1. The number of non-ortho nitro benzene ring substituents is 1. The van der Waals surface area contributed by atoms with Crippen molar-refractivity contribution >= 4 is 29.6 Å². The van der Waals surface area contributed by atoms with E-state index < -0.39 is 22.8 Å². The Labute approximate surface area is 172 Å². The van der Waals surface area contributed by atoms with Gasteiger partial charge in [0.05, 0.1) is 4.92 Å². The summed E-state index contributed by atoms with van der Waals surface area (Å²) in [6, 6.07) is 8.52. The van der Waals surface area contributed by atoms with Gasteiger partial charge in [-0.05, 0) is 43.2 Å². The molecule has 9 heteroatoms. The number of carbonyl (C=O) groups excluding carboxylic acids is 3. The van der Waals surface area contributed by atoms with Crippen LogP contribution in [0.15, 0.2) is 48.2 Å². The molecule has 30 heavy (non-hydrogen) atoms. The summed E-state index contributed by atoms with van der Waals surface area (Å²) >= 11 is 0. The molecule has 2 heterocycles. The summed E-state index contributed by atoms with van der Waals surface area (Å²) in [4.78, 5) is 49.3. The van der Waals surface area contributed by atoms with Gasteiger partial charge in [-0.3, -0.25) is 29.9 Å². The third-order valence-corrected chi connectivity index (χ3v) is 5.48. The molecule has 4 rings (SSSR count). The summed E-state index contributed by atoms with van der Waals surface area (Å²) in [6.45, 7) is 0. The number of aromatic nitrogens is 1. The molecule has 0 atom stereocenters. The fraction of sp³-hybridized carbons (Fsp3) is 0.286. The summed E-state index contributed by atoms with van der Waals surface area (Å²) in [7, 11) is 0. The number of benzene rings is 1. The molecule has 2 aromatic rings. The number of nitrogens with one attached hydrogen (secondary N) is 1. The Hall–Kier alpha value is -3.75. The topological polar surface area (TPSA) is 115 Å². The van der Waals surface area contributed by atoms with Gasteiger partial charge >= 0.3 is 6.03 Å². The predicted octanol–water partition coefficient (Wildman–Crippen LogP) is 3.18. The van der Waals surface area contributed by atoms with Crippen molar-refractivity contribution < 1.29 is 19.3 Å². The van der Waals surface area contributed by atoms with E-state index >= 15 is 0 Å². The lowest BCUT2D eigenvalue weighted by atomic mass is 9.93. The minimum Gasteiger partial charge on any atom is -0.317 e. The summed E-state index contributed by atoms with van der Waals surface area (Å²) < 4.78 is 1.71. The first kappa shape index (κ1) is 19.6. The normalized spacial score (nSPS) is 19.3. The molecule has 0 radical (unpaired) electrons. The van der Waals surface area contributed by atoms with Crippen molar-refractivity contribution in [1.82, 2.24) is 14.8 Å². The second-order valence-corrected chi connectivity index (χ2v) is 7.36. The number of nitro groups is 1. The molecule has 0 bridgehead atoms. The minimum atomic E-state index is -0.728. The van der Waals surface area contributed by atoms with E-state index in [1.54, 1.807) is 35.0 Å². The number of carbonyl (C=O) groups is 3. The lowest BCUT2D eigenvalue weighted by Crippen LogP contribution is -2.58. The Bertz CT molecular complexity index is 1050. The Morgan fingerprint density at radius 1 is 1.03 bits per heavy atom. The molecule has 0 spiro atoms. The standard InChI is InChI=1S/C21H20N4O5/c26-19-18(20(27)24(21(28)22-19)15-5-2-1-3-6-15)13-17-7-4-12-23(17)14-8-10-16(11-9-14)25(29)30/h4,7-13,15H,1-3,5-6H2,(H,22,26,28). The maximum atomic E-state index is 13.0. The highest BCUT2D eigenvalue weighted by Crippen LogP contribution is 2.27. The van der Waals surface area contributed by atoms with Crippen molar-refractivity contribution in [3.05, 3.63) is 64.0 Å². The van der Waals surface area contributed by atoms with E-state index in [0.717, 1.165) is 32.1 Å². The first-order valence-electron chi connectivity index (χ1n) is 9.78. The number of hydrogen-bond acceptors (Lipinski definition) is 5. The molecule has 9 nitrogen and oxygen atoms in total. The molecule has 1 aromatic carbocycles. The van der Waals surface area contributed by atoms with Crippen LogP contribution in [-0.4, -0.2) is 38.3 Å². The molecule has 0 unspecified atom stereocenters. The monoisotopic (exact) mass is 408 g/mol. The third-order valence-electron chi connectivity index (χ3n) is 5.48. The SMILES string of the molecule is O=C1NC(=O)N(C2CCCCC2)C(=O)C1=Cc1cccn1-c1ccc([N+](=O)[O-])cc1. The van der Waals surface area contributed by atoms with Crippen LogP contribution in [0, 0.1) is 10.1 Å². The first-order chi connectivity index (χ1) is 14.5. The summed E-state index contributed by atoms with van der Waals surface area (Å²) in [5.74, 6) is -1.32. The zero-order valence-electron chi connectivity index (χ0n) is 16.1. The van der Waals surface area contributed by atoms with E-state index in [1.165, 1.54) is 23.1 Å². The van der Waals surface area contributed by atoms with Crippen LogP contribution in [0.1, 0.15) is 37.8 Å². The van der Waals surface area contributed by atoms with E-state index in [2.05, 4.69) is 5.32 Å². The van der Waals surface area contributed by atoms with Crippen LogP contribution in [0.5, 0.6) is 0 Å². The van der Waals surface area contributed by atoms with Crippen molar-refractivity contribution in [2.45, 2.75) is 38.1 Å². The van der Waals surface area contributed by atoms with Crippen molar-refractivity contribution in [1.29, 1.82) is 0 Å². The highest BCUT2D eigenvalue weighted by atomic mass is 16.6. The third kappa shape index (κ3) is 3.61. The Balaban J connectivity index is 1.66. The molecule has 154 valence electrons. The molecule has 1 saturated carbocycles. The van der Waals surface area contributed by atoms with Crippen LogP contribution in [0.2, 0.25) is 0 Å². The number of rotatable bonds is 4. The molecule has 1 aliphatic heterocycles. The van der Waals surface area contributed by atoms with Crippen molar-refractivity contribution in [3.63, 3.8) is 0 Å². The molecule has 2 aliphatic rings. The largest absolute Gasteiger partial charge is 0.331 e. The highest BCUT2D eigenvalue weighted by molar-refractivity contribution is 6.31. The van der Waals surface area contributed by atoms with E-state index in [4.69, 9.17) is 0 Å². The lowest BCUT2D eigenvalue weighted by molar-refractivity contribution is -0.384. The van der Waals surface area contributed by atoms with Crippen molar-refractivity contribution in [3.8, 4) is 5.69 Å². The van der Waals surface area contributed by atoms with Crippen molar-refractivity contribution in [2.24, 2.45) is 0 Å². The van der Waals surface area contributed by atoms with Gasteiger partial charge in [0.25, 0.3) is 17.5 Å². The van der Waals surface area contributed by atoms with Gasteiger partial charge < -0.3 is 4.57 Å². The summed E-state index contributed by atoms with van der Waals surface area (Å²) in [5.41, 5.74) is 1.04. The predicted molar refractivity (Wildman–Crippen MR) is 108 cm³/mol. The molecule has 1 N–H and O–H groups in total. The van der Waals surface area contributed by atoms with Crippen LogP contribution in [0.3, 0.4) is 0 Å². The number of nitro benzene ring substituents is 1. The Kier molecular flexibility index (Phi) is 5.18. The van der Waals surface area contributed by atoms with E-state index in [0.29, 0.717) is 11.4 Å². The Morgan fingerprint density at radius 3 is 2.40 bits per heavy atom. The number of imide groups is 2. The number of barbiturate groups is 1. The van der Waals surface area contributed by atoms with Crippen LogP contribution in [0.25, 0.3) is 11.8 Å². The van der Waals surface area contributed by atoms with Crippen LogP contribution < -0.4 is 5.32 Å². The van der Waals surface area contributed by atoms with E-state index in [9.17, 15) is 24.5 Å². The van der Waals surface area contributed by atoms with Crippen LogP contribution >= 0.6 is 0 Å². The second kappa shape index (κ2) is 7.94. The van der Waals surface area contributed by atoms with Gasteiger partial charge in [0.15, 0.2) is 0 Å². The van der Waals surface area contributed by atoms with Gasteiger partial charge in [-0.15, -0.1) is 0 Å². The van der Waals surface area contributed by atoms with Gasteiger partial charge in [0.1, 0.15) is 5.57 Å². The maximum absolute atomic E-state index is 13.0. The van der Waals surface area contributed by atoms with Crippen LogP contribution in [-0.2, 0) is 9.59 Å². The maximum Gasteiger partial charge on any atom is 0.331 e. The lowest BCUT2D eigenvalue weighted by Gasteiger charge is -2.35. The van der Waals surface area contributed by atoms with Gasteiger partial charge in [-0.1, -0.05) is 19.3 Å². The van der Waals surface area contributed by atoms with Crippen molar-refractivity contribution in [2.75, 3.05) is 0 Å². The quantitative estimate of drug-likeness (QED) is 0.361. The Morgan fingerprint density at radius 2 is 1.73 bits per heavy atom. The molecule has 4 amide bonds. The van der Waals surface area contributed by atoms with Gasteiger partial charge in [0, 0.05) is 35.8 Å². The second-order valence-electron chi connectivity index (χ2n) is 7.36. The number of nitrogens with zero attached hydrogens (tertiary/aromatic N) is 3. The molecule has 1 aliphatic carbocycles. The molecular weight excluding hydrogens is 388 g/mol. The molecular formula is C21H20N4O5. The fourth-order valence-electron chi connectivity index (χ4n) is 3.97. The first-order valence-corrected chi connectivity index (χ1v) is 9.78. The minimum absolute atomic E-state index is 0.0331.